The van der Waals surface area contributed by atoms with Gasteiger partial charge in [0.15, 0.2) is 0 Å². The van der Waals surface area contributed by atoms with Crippen LogP contribution in [0.5, 0.6) is 0 Å². The van der Waals surface area contributed by atoms with Crippen molar-refractivity contribution in [3.8, 4) is 0 Å². The van der Waals surface area contributed by atoms with Crippen molar-refractivity contribution in [3.05, 3.63) is 28.2 Å². The van der Waals surface area contributed by atoms with Gasteiger partial charge in [0.1, 0.15) is 6.54 Å². The fraction of sp³-hybridized carbons (Fsp3) is 0.500. The van der Waals surface area contributed by atoms with Gasteiger partial charge in [-0.25, -0.2) is 8.42 Å². The number of carbonyl (C=O) groups excluding carboxylic acids is 1. The largest absolute Gasteiger partial charge is 0.352 e. The molecule has 0 bridgehead atoms. The van der Waals surface area contributed by atoms with Gasteiger partial charge >= 0.3 is 0 Å². The van der Waals surface area contributed by atoms with Crippen molar-refractivity contribution in [1.82, 2.24) is 5.32 Å². The van der Waals surface area contributed by atoms with Crippen LogP contribution in [0, 0.1) is 5.92 Å². The second kappa shape index (κ2) is 7.53. The molecule has 0 fully saturated rings. The van der Waals surface area contributed by atoms with Crippen LogP contribution in [0.1, 0.15) is 20.8 Å². The SMILES string of the molecule is CC(C)[C@@H](C)NC(=O)CN(c1ccc(Cl)c(Cl)c1)S(C)(=O)=O. The molecule has 0 aromatic heterocycles. The Hall–Kier alpha value is -0.980. The van der Waals surface area contributed by atoms with Gasteiger partial charge in [0.25, 0.3) is 0 Å². The van der Waals surface area contributed by atoms with Gasteiger partial charge in [0.2, 0.25) is 15.9 Å². The van der Waals surface area contributed by atoms with E-state index in [1.807, 2.05) is 20.8 Å². The van der Waals surface area contributed by atoms with E-state index in [1.54, 1.807) is 0 Å². The van der Waals surface area contributed by atoms with Crippen LogP contribution in [-0.4, -0.2) is 33.2 Å². The van der Waals surface area contributed by atoms with Gasteiger partial charge in [-0.2, -0.15) is 0 Å². The first-order valence-electron chi connectivity index (χ1n) is 6.74. The molecule has 0 aliphatic heterocycles. The van der Waals surface area contributed by atoms with Crippen LogP contribution in [0.2, 0.25) is 10.0 Å². The van der Waals surface area contributed by atoms with E-state index < -0.39 is 10.0 Å². The Morgan fingerprint density at radius 2 is 1.82 bits per heavy atom. The fourth-order valence-corrected chi connectivity index (χ4v) is 2.78. The number of amides is 1. The number of hydrogen-bond acceptors (Lipinski definition) is 3. The first kappa shape index (κ1) is 19.1. The third kappa shape index (κ3) is 5.34. The van der Waals surface area contributed by atoms with Gasteiger partial charge in [-0.05, 0) is 31.0 Å². The van der Waals surface area contributed by atoms with E-state index in [4.69, 9.17) is 23.2 Å². The van der Waals surface area contributed by atoms with Crippen molar-refractivity contribution >= 4 is 44.8 Å². The minimum Gasteiger partial charge on any atom is -0.352 e. The number of sulfonamides is 1. The summed E-state index contributed by atoms with van der Waals surface area (Å²) in [5, 5.41) is 3.32. The lowest BCUT2D eigenvalue weighted by molar-refractivity contribution is -0.120. The fourth-order valence-electron chi connectivity index (χ4n) is 1.64. The Kier molecular flexibility index (Phi) is 6.52. The maximum Gasteiger partial charge on any atom is 0.240 e. The number of benzene rings is 1. The van der Waals surface area contributed by atoms with E-state index in [1.165, 1.54) is 18.2 Å². The molecule has 0 radical (unpaired) electrons. The highest BCUT2D eigenvalue weighted by Crippen LogP contribution is 2.28. The lowest BCUT2D eigenvalue weighted by Crippen LogP contribution is -2.44. The minimum atomic E-state index is -3.63. The monoisotopic (exact) mass is 366 g/mol. The van der Waals surface area contributed by atoms with E-state index in [0.29, 0.717) is 10.7 Å². The van der Waals surface area contributed by atoms with Gasteiger partial charge in [0, 0.05) is 6.04 Å². The molecule has 1 N–H and O–H groups in total. The number of anilines is 1. The molecule has 22 heavy (non-hydrogen) atoms. The van der Waals surface area contributed by atoms with Gasteiger partial charge in [0.05, 0.1) is 22.0 Å². The third-order valence-electron chi connectivity index (χ3n) is 3.27. The lowest BCUT2D eigenvalue weighted by atomic mass is 10.1. The van der Waals surface area contributed by atoms with Gasteiger partial charge < -0.3 is 5.32 Å². The summed E-state index contributed by atoms with van der Waals surface area (Å²) in [6.07, 6.45) is 1.04. The van der Waals surface area contributed by atoms with E-state index in [-0.39, 0.29) is 29.4 Å². The van der Waals surface area contributed by atoms with Crippen LogP contribution in [0.4, 0.5) is 5.69 Å². The molecular weight excluding hydrogens is 347 g/mol. The maximum absolute atomic E-state index is 12.1. The lowest BCUT2D eigenvalue weighted by Gasteiger charge is -2.24. The molecule has 8 heteroatoms. The van der Waals surface area contributed by atoms with Crippen molar-refractivity contribution in [2.24, 2.45) is 5.92 Å². The van der Waals surface area contributed by atoms with Crippen LogP contribution in [0.15, 0.2) is 18.2 Å². The number of nitrogens with one attached hydrogen (secondary N) is 1. The third-order valence-corrected chi connectivity index (χ3v) is 5.15. The minimum absolute atomic E-state index is 0.0530. The van der Waals surface area contributed by atoms with Crippen LogP contribution in [0.3, 0.4) is 0 Å². The Balaban J connectivity index is 3.00. The predicted octanol–water partition coefficient (Wildman–Crippen LogP) is 2.92. The van der Waals surface area contributed by atoms with Crippen molar-refractivity contribution in [3.63, 3.8) is 0 Å². The Bertz CT molecular complexity index is 647. The highest BCUT2D eigenvalue weighted by Gasteiger charge is 2.22. The quantitative estimate of drug-likeness (QED) is 0.841. The molecule has 0 unspecified atom stereocenters. The summed E-state index contributed by atoms with van der Waals surface area (Å²) in [6.45, 7) is 5.50. The van der Waals surface area contributed by atoms with E-state index >= 15 is 0 Å². The second-order valence-electron chi connectivity index (χ2n) is 5.47. The average molecular weight is 367 g/mol. The number of hydrogen-bond donors (Lipinski definition) is 1. The summed E-state index contributed by atoms with van der Waals surface area (Å²) in [5.74, 6) is -0.127. The zero-order chi connectivity index (χ0) is 17.1. The predicted molar refractivity (Wildman–Crippen MR) is 91.1 cm³/mol. The van der Waals surface area contributed by atoms with Crippen molar-refractivity contribution < 1.29 is 13.2 Å². The summed E-state index contributed by atoms with van der Waals surface area (Å²) in [6, 6.07) is 4.37. The molecule has 1 rings (SSSR count). The standard InChI is InChI=1S/C14H20Cl2N2O3S/c1-9(2)10(3)17-14(19)8-18(22(4,20)21)11-5-6-12(15)13(16)7-11/h5-7,9-10H,8H2,1-4H3,(H,17,19)/t10-/m1/s1. The molecule has 0 heterocycles. The molecule has 0 aliphatic carbocycles. The van der Waals surface area contributed by atoms with Crippen LogP contribution in [-0.2, 0) is 14.8 Å². The first-order valence-corrected chi connectivity index (χ1v) is 9.35. The van der Waals surface area contributed by atoms with E-state index in [9.17, 15) is 13.2 Å². The summed E-state index contributed by atoms with van der Waals surface area (Å²) >= 11 is 11.7. The molecule has 5 nitrogen and oxygen atoms in total. The molecule has 1 aromatic carbocycles. The zero-order valence-corrected chi connectivity index (χ0v) is 15.3. The molecule has 0 saturated carbocycles. The topological polar surface area (TPSA) is 66.5 Å². The molecular formula is C14H20Cl2N2O3S. The summed E-state index contributed by atoms with van der Waals surface area (Å²) in [5.41, 5.74) is 0.296. The van der Waals surface area contributed by atoms with Crippen molar-refractivity contribution in [2.75, 3.05) is 17.1 Å². The van der Waals surface area contributed by atoms with Gasteiger partial charge in [-0.1, -0.05) is 37.0 Å². The summed E-state index contributed by atoms with van der Waals surface area (Å²) in [7, 11) is -3.63. The van der Waals surface area contributed by atoms with Crippen LogP contribution >= 0.6 is 23.2 Å². The van der Waals surface area contributed by atoms with Gasteiger partial charge in [-0.15, -0.1) is 0 Å². The highest BCUT2D eigenvalue weighted by atomic mass is 35.5. The average Bonchev–Trinajstić information content (AvgIpc) is 2.38. The normalized spacial score (nSPS) is 13.0. The Labute approximate surface area is 141 Å². The molecule has 0 aliphatic rings. The molecule has 1 aromatic rings. The van der Waals surface area contributed by atoms with Crippen LogP contribution < -0.4 is 9.62 Å². The molecule has 0 saturated heterocycles. The first-order chi connectivity index (χ1) is 10.0. The highest BCUT2D eigenvalue weighted by molar-refractivity contribution is 7.92. The number of rotatable bonds is 6. The smallest absolute Gasteiger partial charge is 0.240 e. The van der Waals surface area contributed by atoms with Crippen molar-refractivity contribution in [2.45, 2.75) is 26.8 Å². The summed E-state index contributed by atoms with van der Waals surface area (Å²) < 4.78 is 24.9. The Morgan fingerprint density at radius 3 is 2.27 bits per heavy atom. The zero-order valence-electron chi connectivity index (χ0n) is 12.9. The van der Waals surface area contributed by atoms with Gasteiger partial charge in [-0.3, -0.25) is 9.10 Å². The number of halogens is 2. The van der Waals surface area contributed by atoms with Crippen LogP contribution in [0.25, 0.3) is 0 Å². The van der Waals surface area contributed by atoms with E-state index in [0.717, 1.165) is 10.6 Å². The molecule has 0 spiro atoms. The number of nitrogens with zero attached hydrogens (tertiary/aromatic N) is 1. The number of carbonyl (C=O) groups is 1. The summed E-state index contributed by atoms with van der Waals surface area (Å²) in [4.78, 5) is 12.1. The molecule has 1 amide bonds. The molecule has 124 valence electrons. The maximum atomic E-state index is 12.1. The van der Waals surface area contributed by atoms with Crippen molar-refractivity contribution in [1.29, 1.82) is 0 Å². The Morgan fingerprint density at radius 1 is 1.23 bits per heavy atom. The second-order valence-corrected chi connectivity index (χ2v) is 8.19. The molecule has 1 atom stereocenters. The van der Waals surface area contributed by atoms with E-state index in [2.05, 4.69) is 5.32 Å².